The van der Waals surface area contributed by atoms with Gasteiger partial charge in [0.2, 0.25) is 0 Å². The van der Waals surface area contributed by atoms with E-state index in [-0.39, 0.29) is 8.72 Å². The van der Waals surface area contributed by atoms with Crippen molar-refractivity contribution in [3.8, 4) is 0 Å². The summed E-state index contributed by atoms with van der Waals surface area (Å²) in [6.07, 6.45) is -2.21. The lowest BCUT2D eigenvalue weighted by atomic mass is 10.2. The topological polar surface area (TPSA) is 56.0 Å². The Morgan fingerprint density at radius 3 is 2.64 bits per heavy atom. The molecule has 1 aromatic rings. The molecule has 1 heterocycles. The molecule has 4 nitrogen and oxygen atoms in total. The Bertz CT molecular complexity index is 388. The number of hydrogen-bond donors (Lipinski definition) is 0. The predicted molar refractivity (Wildman–Crippen MR) is 53.6 cm³/mol. The van der Waals surface area contributed by atoms with Crippen LogP contribution in [0.4, 0.5) is 14.5 Å². The molecule has 0 unspecified atom stereocenters. The van der Waals surface area contributed by atoms with Gasteiger partial charge in [0.25, 0.3) is 12.1 Å². The number of alkyl halides is 2. The largest absolute Gasteiger partial charge is 0.297 e. The maximum Gasteiger partial charge on any atom is 0.297 e. The van der Waals surface area contributed by atoms with Gasteiger partial charge in [0.15, 0.2) is 0 Å². The van der Waals surface area contributed by atoms with E-state index in [2.05, 4.69) is 4.98 Å². The van der Waals surface area contributed by atoms with Gasteiger partial charge in [-0.1, -0.05) is 11.6 Å². The number of halogens is 4. The summed E-state index contributed by atoms with van der Waals surface area (Å²) in [5, 5.41) is 10.2. The van der Waals surface area contributed by atoms with Gasteiger partial charge < -0.3 is 0 Å². The van der Waals surface area contributed by atoms with E-state index in [0.29, 0.717) is 0 Å². The number of nitro groups is 1. The summed E-state index contributed by atoms with van der Waals surface area (Å²) >= 11 is 6.96. The van der Waals surface area contributed by atoms with Gasteiger partial charge in [-0.3, -0.25) is 10.1 Å². The van der Waals surface area contributed by atoms with Gasteiger partial charge in [0.05, 0.1) is 8.49 Å². The Hall–Kier alpha value is -0.570. The molecule has 0 aliphatic heterocycles. The summed E-state index contributed by atoms with van der Waals surface area (Å²) in [7, 11) is 0. The monoisotopic (exact) mass is 334 g/mol. The molecule has 14 heavy (non-hydrogen) atoms. The quantitative estimate of drug-likeness (QED) is 0.361. The van der Waals surface area contributed by atoms with E-state index < -0.39 is 22.6 Å². The molecular weight excluding hydrogens is 332 g/mol. The molecule has 0 bridgehead atoms. The number of aromatic nitrogens is 1. The number of hydrogen-bond acceptors (Lipinski definition) is 3. The highest BCUT2D eigenvalue weighted by molar-refractivity contribution is 14.1. The average molecular weight is 334 g/mol. The molecule has 0 saturated heterocycles. The minimum Gasteiger partial charge on any atom is -0.258 e. The van der Waals surface area contributed by atoms with Gasteiger partial charge in [0.1, 0.15) is 16.9 Å². The van der Waals surface area contributed by atoms with Gasteiger partial charge in [-0.05, 0) is 22.6 Å². The van der Waals surface area contributed by atoms with Crippen molar-refractivity contribution >= 4 is 39.9 Å². The fraction of sp³-hybridized carbons (Fsp3) is 0.167. The summed E-state index contributed by atoms with van der Waals surface area (Å²) in [6.45, 7) is 0. The van der Waals surface area contributed by atoms with Crippen molar-refractivity contribution in [2.45, 2.75) is 6.43 Å². The Morgan fingerprint density at radius 1 is 1.64 bits per heavy atom. The normalized spacial score (nSPS) is 10.6. The lowest BCUT2D eigenvalue weighted by molar-refractivity contribution is -0.386. The zero-order valence-corrected chi connectivity index (χ0v) is 9.29. The molecule has 1 rings (SSSR count). The summed E-state index contributed by atoms with van der Waals surface area (Å²) in [5.74, 6) is 0. The second-order valence-electron chi connectivity index (χ2n) is 2.22. The summed E-state index contributed by atoms with van der Waals surface area (Å²) in [4.78, 5) is 12.9. The SMILES string of the molecule is O=[N+]([O-])c1cnc(Cl)c(I)c1C(F)F. The average Bonchev–Trinajstić information content (AvgIpc) is 2.08. The maximum atomic E-state index is 12.4. The number of rotatable bonds is 2. The fourth-order valence-corrected chi connectivity index (χ4v) is 1.62. The summed E-state index contributed by atoms with van der Waals surface area (Å²) < 4.78 is 24.8. The molecule has 8 heteroatoms. The molecule has 0 aromatic carbocycles. The fourth-order valence-electron chi connectivity index (χ4n) is 0.821. The van der Waals surface area contributed by atoms with Crippen molar-refractivity contribution in [1.82, 2.24) is 4.98 Å². The molecule has 0 fully saturated rings. The van der Waals surface area contributed by atoms with Crippen LogP contribution in [0.1, 0.15) is 12.0 Å². The molecule has 0 aliphatic carbocycles. The molecule has 0 N–H and O–H groups in total. The van der Waals surface area contributed by atoms with Gasteiger partial charge in [-0.15, -0.1) is 0 Å². The first-order valence-electron chi connectivity index (χ1n) is 3.21. The predicted octanol–water partition coefficient (Wildman–Crippen LogP) is 3.19. The van der Waals surface area contributed by atoms with Crippen LogP contribution in [0.5, 0.6) is 0 Å². The van der Waals surface area contributed by atoms with Crippen molar-refractivity contribution in [3.05, 3.63) is 30.6 Å². The second-order valence-corrected chi connectivity index (χ2v) is 3.66. The van der Waals surface area contributed by atoms with Crippen LogP contribution >= 0.6 is 34.2 Å². The van der Waals surface area contributed by atoms with E-state index in [1.165, 1.54) is 22.6 Å². The smallest absolute Gasteiger partial charge is 0.258 e. The molecule has 0 spiro atoms. The first kappa shape index (κ1) is 11.5. The molecule has 0 saturated carbocycles. The van der Waals surface area contributed by atoms with Crippen LogP contribution in [0.15, 0.2) is 6.20 Å². The molecule has 0 radical (unpaired) electrons. The maximum absolute atomic E-state index is 12.4. The Morgan fingerprint density at radius 2 is 2.21 bits per heavy atom. The van der Waals surface area contributed by atoms with Crippen LogP contribution in [0, 0.1) is 13.7 Å². The van der Waals surface area contributed by atoms with Crippen LogP contribution < -0.4 is 0 Å². The third kappa shape index (κ3) is 2.08. The third-order valence-electron chi connectivity index (χ3n) is 1.41. The highest BCUT2D eigenvalue weighted by Crippen LogP contribution is 2.35. The van der Waals surface area contributed by atoms with Crippen molar-refractivity contribution < 1.29 is 13.7 Å². The first-order valence-corrected chi connectivity index (χ1v) is 4.67. The Balaban J connectivity index is 3.45. The van der Waals surface area contributed by atoms with E-state index >= 15 is 0 Å². The highest BCUT2D eigenvalue weighted by atomic mass is 127. The number of pyridine rings is 1. The second kappa shape index (κ2) is 4.30. The third-order valence-corrected chi connectivity index (χ3v) is 3.11. The zero-order valence-electron chi connectivity index (χ0n) is 6.38. The van der Waals surface area contributed by atoms with Crippen LogP contribution in [0.3, 0.4) is 0 Å². The van der Waals surface area contributed by atoms with Crippen molar-refractivity contribution in [2.75, 3.05) is 0 Å². The minimum atomic E-state index is -2.94. The Kier molecular flexibility index (Phi) is 3.53. The van der Waals surface area contributed by atoms with E-state index in [1.54, 1.807) is 0 Å². The Labute approximate surface area is 95.6 Å². The van der Waals surface area contributed by atoms with Gasteiger partial charge in [-0.25, -0.2) is 13.8 Å². The van der Waals surface area contributed by atoms with Crippen LogP contribution in [-0.2, 0) is 0 Å². The molecule has 0 amide bonds. The van der Waals surface area contributed by atoms with E-state index in [0.717, 1.165) is 6.20 Å². The van der Waals surface area contributed by atoms with Crippen molar-refractivity contribution in [1.29, 1.82) is 0 Å². The van der Waals surface area contributed by atoms with Crippen LogP contribution in [-0.4, -0.2) is 9.91 Å². The van der Waals surface area contributed by atoms with Gasteiger partial charge in [-0.2, -0.15) is 0 Å². The highest BCUT2D eigenvalue weighted by Gasteiger charge is 2.26. The lowest BCUT2D eigenvalue weighted by Gasteiger charge is -2.04. The molecule has 0 atom stereocenters. The van der Waals surface area contributed by atoms with E-state index in [4.69, 9.17) is 11.6 Å². The molecular formula is C6H2ClF2IN2O2. The molecule has 0 aliphatic rings. The number of nitrogens with zero attached hydrogens (tertiary/aromatic N) is 2. The minimum absolute atomic E-state index is 0.0894. The van der Waals surface area contributed by atoms with Crippen molar-refractivity contribution in [3.63, 3.8) is 0 Å². The standard InChI is InChI=1S/C6H2ClF2IN2O2/c7-5-4(10)3(6(8)9)2(1-11-5)12(13)14/h1,6H. The van der Waals surface area contributed by atoms with Crippen LogP contribution in [0.25, 0.3) is 0 Å². The lowest BCUT2D eigenvalue weighted by Crippen LogP contribution is -2.00. The van der Waals surface area contributed by atoms with E-state index in [1.807, 2.05) is 0 Å². The van der Waals surface area contributed by atoms with Crippen molar-refractivity contribution in [2.24, 2.45) is 0 Å². The summed E-state index contributed by atoms with van der Waals surface area (Å²) in [5.41, 5.74) is -1.40. The zero-order chi connectivity index (χ0) is 10.9. The molecule has 76 valence electrons. The van der Waals surface area contributed by atoms with Gasteiger partial charge >= 0.3 is 0 Å². The van der Waals surface area contributed by atoms with Crippen LogP contribution in [0.2, 0.25) is 5.15 Å². The molecule has 1 aromatic heterocycles. The van der Waals surface area contributed by atoms with Gasteiger partial charge in [0, 0.05) is 0 Å². The van der Waals surface area contributed by atoms with E-state index in [9.17, 15) is 18.9 Å². The summed E-state index contributed by atoms with van der Waals surface area (Å²) in [6, 6.07) is 0. The first-order chi connectivity index (χ1) is 6.45.